The Labute approximate surface area is 119 Å². The molecule has 0 saturated heterocycles. The lowest BCUT2D eigenvalue weighted by molar-refractivity contribution is 0.101. The molecule has 0 amide bonds. The molecule has 0 aliphatic heterocycles. The molecule has 0 fully saturated rings. The minimum atomic E-state index is -3.75. The molecule has 0 heterocycles. The molecule has 0 radical (unpaired) electrons. The van der Waals surface area contributed by atoms with Crippen LogP contribution < -0.4 is 0 Å². The summed E-state index contributed by atoms with van der Waals surface area (Å²) in [7, 11) is -5.66. The van der Waals surface area contributed by atoms with E-state index in [0.717, 1.165) is 10.6 Å². The van der Waals surface area contributed by atoms with E-state index in [4.69, 9.17) is 0 Å². The third kappa shape index (κ3) is 4.39. The van der Waals surface area contributed by atoms with Crippen LogP contribution in [0.3, 0.4) is 0 Å². The number of carbonyl (C=O) groups is 1. The van der Waals surface area contributed by atoms with Crippen LogP contribution in [0.15, 0.2) is 29.2 Å². The Balaban J connectivity index is 2.95. The van der Waals surface area contributed by atoms with E-state index in [1.165, 1.54) is 38.2 Å². The molecule has 8 heteroatoms. The Morgan fingerprint density at radius 2 is 1.60 bits per heavy atom. The number of hydrogen-bond acceptors (Lipinski definition) is 5. The molecular weight excluding hydrogens is 302 g/mol. The van der Waals surface area contributed by atoms with Crippen LogP contribution >= 0.6 is 0 Å². The molecule has 0 N–H and O–H groups in total. The van der Waals surface area contributed by atoms with Gasteiger partial charge in [0.2, 0.25) is 10.0 Å². The predicted octanol–water partition coefficient (Wildman–Crippen LogP) is 0.554. The first-order valence-corrected chi connectivity index (χ1v) is 9.29. The first-order chi connectivity index (χ1) is 9.04. The van der Waals surface area contributed by atoms with Crippen LogP contribution in [0.5, 0.6) is 0 Å². The van der Waals surface area contributed by atoms with Crippen molar-refractivity contribution < 1.29 is 21.6 Å². The van der Waals surface area contributed by atoms with Crippen molar-refractivity contribution in [2.24, 2.45) is 0 Å². The number of hydrogen-bond donors (Lipinski definition) is 0. The summed E-state index contributed by atoms with van der Waals surface area (Å²) in [6.45, 7) is 1.28. The zero-order valence-corrected chi connectivity index (χ0v) is 13.2. The molecule has 1 aromatic carbocycles. The fourth-order valence-corrected chi connectivity index (χ4v) is 3.35. The number of nitrogens with zero attached hydrogens (tertiary/aromatic N) is 1. The van der Waals surface area contributed by atoms with Crippen LogP contribution in [0.25, 0.3) is 0 Å². The van der Waals surface area contributed by atoms with Gasteiger partial charge < -0.3 is 0 Å². The maximum absolute atomic E-state index is 12.2. The van der Waals surface area contributed by atoms with Crippen molar-refractivity contribution in [2.75, 3.05) is 25.6 Å². The largest absolute Gasteiger partial charge is 0.295 e. The average molecular weight is 319 g/mol. The maximum atomic E-state index is 12.2. The predicted molar refractivity (Wildman–Crippen MR) is 76.0 cm³/mol. The van der Waals surface area contributed by atoms with Crippen molar-refractivity contribution in [3.8, 4) is 0 Å². The number of sulfonamides is 1. The van der Waals surface area contributed by atoms with Crippen LogP contribution in [-0.2, 0) is 19.9 Å². The highest BCUT2D eigenvalue weighted by Gasteiger charge is 2.21. The normalized spacial score (nSPS) is 12.6. The van der Waals surface area contributed by atoms with Crippen molar-refractivity contribution in [3.05, 3.63) is 29.8 Å². The van der Waals surface area contributed by atoms with Gasteiger partial charge >= 0.3 is 0 Å². The third-order valence-corrected chi connectivity index (χ3v) is 5.54. The van der Waals surface area contributed by atoms with Crippen molar-refractivity contribution in [2.45, 2.75) is 11.8 Å². The average Bonchev–Trinajstić information content (AvgIpc) is 2.35. The summed E-state index contributed by atoms with van der Waals surface area (Å²) < 4.78 is 47.5. The zero-order chi connectivity index (χ0) is 15.6. The Morgan fingerprint density at radius 3 is 2.00 bits per heavy atom. The lowest BCUT2D eigenvalue weighted by Gasteiger charge is -2.16. The van der Waals surface area contributed by atoms with Crippen LogP contribution in [0.1, 0.15) is 17.3 Å². The van der Waals surface area contributed by atoms with E-state index >= 15 is 0 Å². The number of Topliss-reactive ketones (excluding diaryl/α,β-unsaturated/α-hetero) is 1. The molecule has 0 bridgehead atoms. The molecule has 6 nitrogen and oxygen atoms in total. The molecular formula is C12H17NO5S2. The van der Waals surface area contributed by atoms with Crippen LogP contribution in [0, 0.1) is 0 Å². The van der Waals surface area contributed by atoms with E-state index in [0.29, 0.717) is 5.56 Å². The first-order valence-electron chi connectivity index (χ1n) is 5.79. The van der Waals surface area contributed by atoms with Gasteiger partial charge in [0.25, 0.3) is 0 Å². The quantitative estimate of drug-likeness (QED) is 0.715. The Bertz CT molecular complexity index is 690. The van der Waals surface area contributed by atoms with Gasteiger partial charge in [0.15, 0.2) is 5.78 Å². The van der Waals surface area contributed by atoms with E-state index in [9.17, 15) is 21.6 Å². The second-order valence-corrected chi connectivity index (χ2v) is 8.84. The van der Waals surface area contributed by atoms with E-state index in [-0.39, 0.29) is 23.0 Å². The van der Waals surface area contributed by atoms with Crippen molar-refractivity contribution in [1.82, 2.24) is 4.31 Å². The Morgan fingerprint density at radius 1 is 1.10 bits per heavy atom. The molecule has 20 heavy (non-hydrogen) atoms. The summed E-state index contributed by atoms with van der Waals surface area (Å²) in [5.41, 5.74) is 0.419. The molecule has 0 atom stereocenters. The SMILES string of the molecule is CC(=O)c1ccc(S(=O)(=O)N(C)CCS(C)(=O)=O)cc1. The number of carbonyl (C=O) groups excluding carboxylic acids is 1. The first kappa shape index (κ1) is 16.8. The van der Waals surface area contributed by atoms with Gasteiger partial charge in [-0.1, -0.05) is 12.1 Å². The lowest BCUT2D eigenvalue weighted by Crippen LogP contribution is -2.31. The molecule has 0 saturated carbocycles. The van der Waals surface area contributed by atoms with Crippen molar-refractivity contribution in [3.63, 3.8) is 0 Å². The van der Waals surface area contributed by atoms with E-state index < -0.39 is 19.9 Å². The van der Waals surface area contributed by atoms with Gasteiger partial charge in [-0.25, -0.2) is 16.8 Å². The second-order valence-electron chi connectivity index (χ2n) is 4.54. The highest BCUT2D eigenvalue weighted by atomic mass is 32.2. The maximum Gasteiger partial charge on any atom is 0.242 e. The van der Waals surface area contributed by atoms with Gasteiger partial charge in [-0.05, 0) is 19.1 Å². The number of rotatable bonds is 6. The number of sulfone groups is 1. The minimum Gasteiger partial charge on any atom is -0.295 e. The molecule has 1 aromatic rings. The smallest absolute Gasteiger partial charge is 0.242 e. The van der Waals surface area contributed by atoms with E-state index in [2.05, 4.69) is 0 Å². The summed E-state index contributed by atoms with van der Waals surface area (Å²) in [6, 6.07) is 5.53. The highest BCUT2D eigenvalue weighted by Crippen LogP contribution is 2.15. The zero-order valence-electron chi connectivity index (χ0n) is 11.5. The van der Waals surface area contributed by atoms with E-state index in [1.807, 2.05) is 0 Å². The lowest BCUT2D eigenvalue weighted by atomic mass is 10.2. The van der Waals surface area contributed by atoms with Gasteiger partial charge in [-0.3, -0.25) is 4.79 Å². The summed E-state index contributed by atoms with van der Waals surface area (Å²) in [5, 5.41) is 0. The van der Waals surface area contributed by atoms with Gasteiger partial charge in [-0.15, -0.1) is 0 Å². The van der Waals surface area contributed by atoms with Gasteiger partial charge in [0.1, 0.15) is 9.84 Å². The van der Waals surface area contributed by atoms with Crippen molar-refractivity contribution >= 4 is 25.6 Å². The fraction of sp³-hybridized carbons (Fsp3) is 0.417. The summed E-state index contributed by atoms with van der Waals surface area (Å²) >= 11 is 0. The molecule has 1 rings (SSSR count). The van der Waals surface area contributed by atoms with Gasteiger partial charge in [-0.2, -0.15) is 4.31 Å². The second kappa shape index (κ2) is 6.02. The third-order valence-electron chi connectivity index (χ3n) is 2.75. The Kier molecular flexibility index (Phi) is 5.06. The van der Waals surface area contributed by atoms with Crippen molar-refractivity contribution in [1.29, 1.82) is 0 Å². The molecule has 0 aromatic heterocycles. The molecule has 112 valence electrons. The minimum absolute atomic E-state index is 0.0264. The van der Waals surface area contributed by atoms with Gasteiger partial charge in [0.05, 0.1) is 10.6 Å². The number of benzene rings is 1. The van der Waals surface area contributed by atoms with Crippen LogP contribution in [0.2, 0.25) is 0 Å². The molecule has 0 aliphatic carbocycles. The summed E-state index contributed by atoms with van der Waals surface area (Å²) in [6.07, 6.45) is 1.05. The molecule has 0 aliphatic rings. The standard InChI is InChI=1S/C12H17NO5S2/c1-10(14)11-4-6-12(7-5-11)20(17,18)13(2)8-9-19(3,15)16/h4-7H,8-9H2,1-3H3. The van der Waals surface area contributed by atoms with Gasteiger partial charge in [0, 0.05) is 25.4 Å². The molecule has 0 unspecified atom stereocenters. The molecule has 0 spiro atoms. The van der Waals surface area contributed by atoms with Crippen LogP contribution in [-0.4, -0.2) is 52.5 Å². The highest BCUT2D eigenvalue weighted by molar-refractivity contribution is 7.91. The topological polar surface area (TPSA) is 88.6 Å². The number of ketones is 1. The van der Waals surface area contributed by atoms with E-state index in [1.54, 1.807) is 0 Å². The fourth-order valence-electron chi connectivity index (χ4n) is 1.46. The van der Waals surface area contributed by atoms with Crippen LogP contribution in [0.4, 0.5) is 0 Å². The Hall–Kier alpha value is -1.25. The summed E-state index contributed by atoms with van der Waals surface area (Å²) in [4.78, 5) is 11.2. The monoisotopic (exact) mass is 319 g/mol. The summed E-state index contributed by atoms with van der Waals surface area (Å²) in [5.74, 6) is -0.395.